The summed E-state index contributed by atoms with van der Waals surface area (Å²) < 4.78 is 25.3. The van der Waals surface area contributed by atoms with Gasteiger partial charge in [0.1, 0.15) is 4.90 Å². The molecule has 0 saturated heterocycles. The lowest BCUT2D eigenvalue weighted by Crippen LogP contribution is -2.37. The summed E-state index contributed by atoms with van der Waals surface area (Å²) >= 11 is 5.83. The Hall–Kier alpha value is -0.620. The fraction of sp³-hybridized carbons (Fsp3) is 0.400. The second-order valence-corrected chi connectivity index (χ2v) is 5.86. The van der Waals surface area contributed by atoms with E-state index in [0.717, 1.165) is 4.31 Å². The van der Waals surface area contributed by atoms with E-state index < -0.39 is 16.1 Å². The molecule has 0 amide bonds. The van der Waals surface area contributed by atoms with Crippen molar-refractivity contribution in [3.05, 3.63) is 29.3 Å². The van der Waals surface area contributed by atoms with Crippen LogP contribution in [0.3, 0.4) is 0 Å². The minimum atomic E-state index is -3.64. The molecule has 0 radical (unpaired) electrons. The number of benzene rings is 1. The predicted molar refractivity (Wildman–Crippen MR) is 62.9 cm³/mol. The molecular formula is C10H14ClNO3S. The normalized spacial score (nSPS) is 14.1. The molecule has 0 aliphatic heterocycles. The van der Waals surface area contributed by atoms with Gasteiger partial charge in [-0.1, -0.05) is 23.7 Å². The first-order valence-corrected chi connectivity index (χ1v) is 6.56. The average Bonchev–Trinajstić information content (AvgIpc) is 2.27. The summed E-state index contributed by atoms with van der Waals surface area (Å²) in [7, 11) is -2.22. The van der Waals surface area contributed by atoms with Crippen LogP contribution in [0.1, 0.15) is 6.92 Å². The Bertz CT molecular complexity index is 461. The third-order valence-electron chi connectivity index (χ3n) is 2.38. The Balaban J connectivity index is 3.17. The maximum Gasteiger partial charge on any atom is 0.244 e. The van der Waals surface area contributed by atoms with Crippen molar-refractivity contribution in [3.63, 3.8) is 0 Å². The molecule has 16 heavy (non-hydrogen) atoms. The van der Waals surface area contributed by atoms with Crippen LogP contribution in [-0.4, -0.2) is 37.5 Å². The van der Waals surface area contributed by atoms with Crippen molar-refractivity contribution in [2.75, 3.05) is 13.7 Å². The smallest absolute Gasteiger partial charge is 0.244 e. The van der Waals surface area contributed by atoms with Crippen molar-refractivity contribution in [1.82, 2.24) is 4.31 Å². The number of aliphatic hydroxyl groups excluding tert-OH is 1. The summed E-state index contributed by atoms with van der Waals surface area (Å²) in [6.07, 6.45) is 0. The van der Waals surface area contributed by atoms with E-state index in [4.69, 9.17) is 16.7 Å². The van der Waals surface area contributed by atoms with Gasteiger partial charge in [-0.25, -0.2) is 8.42 Å². The molecule has 0 aliphatic carbocycles. The van der Waals surface area contributed by atoms with Crippen LogP contribution in [-0.2, 0) is 10.0 Å². The lowest BCUT2D eigenvalue weighted by molar-refractivity contribution is 0.214. The fourth-order valence-corrected chi connectivity index (χ4v) is 3.00. The lowest BCUT2D eigenvalue weighted by atomic mass is 10.4. The van der Waals surface area contributed by atoms with E-state index in [1.165, 1.54) is 19.2 Å². The van der Waals surface area contributed by atoms with Crippen LogP contribution >= 0.6 is 11.6 Å². The van der Waals surface area contributed by atoms with Crippen LogP contribution < -0.4 is 0 Å². The van der Waals surface area contributed by atoms with E-state index in [1.54, 1.807) is 19.1 Å². The van der Waals surface area contributed by atoms with Crippen LogP contribution in [0, 0.1) is 0 Å². The first-order chi connectivity index (χ1) is 7.41. The Kier molecular flexibility index (Phi) is 4.32. The van der Waals surface area contributed by atoms with Gasteiger partial charge in [0.25, 0.3) is 0 Å². The topological polar surface area (TPSA) is 57.6 Å². The first kappa shape index (κ1) is 13.4. The predicted octanol–water partition coefficient (Wildman–Crippen LogP) is 1.34. The molecule has 90 valence electrons. The number of rotatable bonds is 4. The summed E-state index contributed by atoms with van der Waals surface area (Å²) in [4.78, 5) is 0.0551. The van der Waals surface area contributed by atoms with Crippen LogP contribution in [0.5, 0.6) is 0 Å². The second-order valence-electron chi connectivity index (χ2n) is 3.48. The van der Waals surface area contributed by atoms with E-state index in [0.29, 0.717) is 0 Å². The van der Waals surface area contributed by atoms with Crippen molar-refractivity contribution in [2.45, 2.75) is 17.9 Å². The first-order valence-electron chi connectivity index (χ1n) is 4.74. The molecule has 1 aromatic rings. The standard InChI is InChI=1S/C10H14ClNO3S/c1-8(7-13)12(2)16(14,15)10-6-4-3-5-9(10)11/h3-6,8,13H,7H2,1-2H3/t8-/m1/s1. The lowest BCUT2D eigenvalue weighted by Gasteiger charge is -2.22. The molecule has 0 unspecified atom stereocenters. The Labute approximate surface area is 101 Å². The van der Waals surface area contributed by atoms with E-state index in [1.807, 2.05) is 0 Å². The molecule has 0 aromatic heterocycles. The molecule has 0 spiro atoms. The molecule has 1 N–H and O–H groups in total. The maximum atomic E-state index is 12.1. The molecule has 1 atom stereocenters. The highest BCUT2D eigenvalue weighted by Crippen LogP contribution is 2.24. The monoisotopic (exact) mass is 263 g/mol. The number of hydrogen-bond donors (Lipinski definition) is 1. The zero-order chi connectivity index (χ0) is 12.3. The van der Waals surface area contributed by atoms with Gasteiger partial charge in [-0.3, -0.25) is 0 Å². The van der Waals surface area contributed by atoms with Gasteiger partial charge in [-0.2, -0.15) is 4.31 Å². The number of hydrogen-bond acceptors (Lipinski definition) is 3. The summed E-state index contributed by atoms with van der Waals surface area (Å²) in [5.74, 6) is 0. The molecule has 4 nitrogen and oxygen atoms in total. The van der Waals surface area contributed by atoms with Crippen LogP contribution in [0.2, 0.25) is 5.02 Å². The number of aliphatic hydroxyl groups is 1. The molecule has 0 bridgehead atoms. The van der Waals surface area contributed by atoms with E-state index in [-0.39, 0.29) is 16.5 Å². The molecule has 0 saturated carbocycles. The molecule has 0 fully saturated rings. The molecule has 0 aliphatic rings. The Morgan fingerprint density at radius 1 is 1.44 bits per heavy atom. The average molecular weight is 264 g/mol. The number of halogens is 1. The third-order valence-corrected chi connectivity index (χ3v) is 4.85. The third kappa shape index (κ3) is 2.55. The molecule has 1 aromatic carbocycles. The van der Waals surface area contributed by atoms with Crippen molar-refractivity contribution < 1.29 is 13.5 Å². The maximum absolute atomic E-state index is 12.1. The molecular weight excluding hydrogens is 250 g/mol. The summed E-state index contributed by atoms with van der Waals surface area (Å²) in [5.41, 5.74) is 0. The zero-order valence-corrected chi connectivity index (χ0v) is 10.7. The highest BCUT2D eigenvalue weighted by molar-refractivity contribution is 7.89. The summed E-state index contributed by atoms with van der Waals surface area (Å²) in [6.45, 7) is 1.38. The van der Waals surface area contributed by atoms with Gasteiger partial charge in [0.2, 0.25) is 10.0 Å². The van der Waals surface area contributed by atoms with E-state index >= 15 is 0 Å². The van der Waals surface area contributed by atoms with Gasteiger partial charge in [0, 0.05) is 13.1 Å². The molecule has 1 rings (SSSR count). The van der Waals surface area contributed by atoms with Crippen molar-refractivity contribution >= 4 is 21.6 Å². The minimum absolute atomic E-state index is 0.0551. The number of nitrogens with zero attached hydrogens (tertiary/aromatic N) is 1. The SMILES string of the molecule is C[C@H](CO)N(C)S(=O)(=O)c1ccccc1Cl. The van der Waals surface area contributed by atoms with Crippen LogP contribution in [0.4, 0.5) is 0 Å². The second kappa shape index (κ2) is 5.14. The summed E-state index contributed by atoms with van der Waals surface area (Å²) in [5, 5.41) is 9.13. The van der Waals surface area contributed by atoms with Crippen molar-refractivity contribution in [1.29, 1.82) is 0 Å². The van der Waals surface area contributed by atoms with Gasteiger partial charge in [-0.05, 0) is 19.1 Å². The van der Waals surface area contributed by atoms with Crippen LogP contribution in [0.25, 0.3) is 0 Å². The van der Waals surface area contributed by atoms with E-state index in [2.05, 4.69) is 0 Å². The van der Waals surface area contributed by atoms with Crippen molar-refractivity contribution in [2.24, 2.45) is 0 Å². The highest BCUT2D eigenvalue weighted by atomic mass is 35.5. The van der Waals surface area contributed by atoms with Gasteiger partial charge in [0.15, 0.2) is 0 Å². The van der Waals surface area contributed by atoms with E-state index in [9.17, 15) is 8.42 Å². The Morgan fingerprint density at radius 3 is 2.50 bits per heavy atom. The largest absolute Gasteiger partial charge is 0.395 e. The fourth-order valence-electron chi connectivity index (χ4n) is 1.16. The molecule has 6 heteroatoms. The minimum Gasteiger partial charge on any atom is -0.395 e. The van der Waals surface area contributed by atoms with Gasteiger partial charge >= 0.3 is 0 Å². The van der Waals surface area contributed by atoms with Gasteiger partial charge in [-0.15, -0.1) is 0 Å². The van der Waals surface area contributed by atoms with Gasteiger partial charge < -0.3 is 5.11 Å². The van der Waals surface area contributed by atoms with Crippen molar-refractivity contribution in [3.8, 4) is 0 Å². The van der Waals surface area contributed by atoms with Crippen LogP contribution in [0.15, 0.2) is 29.2 Å². The molecule has 0 heterocycles. The zero-order valence-electron chi connectivity index (χ0n) is 9.09. The number of likely N-dealkylation sites (N-methyl/N-ethyl adjacent to an activating group) is 1. The van der Waals surface area contributed by atoms with Gasteiger partial charge in [0.05, 0.1) is 11.6 Å². The highest BCUT2D eigenvalue weighted by Gasteiger charge is 2.26. The number of sulfonamides is 1. The summed E-state index contributed by atoms with van der Waals surface area (Å²) in [6, 6.07) is 5.75. The quantitative estimate of drug-likeness (QED) is 0.892. The Morgan fingerprint density at radius 2 is 2.00 bits per heavy atom.